The van der Waals surface area contributed by atoms with Gasteiger partial charge in [-0.3, -0.25) is 0 Å². The van der Waals surface area contributed by atoms with Crippen molar-refractivity contribution in [3.05, 3.63) is 60.8 Å². The quantitative estimate of drug-likeness (QED) is 0.616. The first-order valence-electron chi connectivity index (χ1n) is 11.3. The van der Waals surface area contributed by atoms with Crippen molar-refractivity contribution in [1.82, 2.24) is 14.2 Å². The lowest BCUT2D eigenvalue weighted by Gasteiger charge is -2.35. The van der Waals surface area contributed by atoms with Crippen molar-refractivity contribution in [3.63, 3.8) is 0 Å². The zero-order valence-corrected chi connectivity index (χ0v) is 19.6. The van der Waals surface area contributed by atoms with Crippen molar-refractivity contribution < 1.29 is 17.9 Å². The van der Waals surface area contributed by atoms with Crippen molar-refractivity contribution in [1.29, 1.82) is 0 Å². The van der Waals surface area contributed by atoms with Crippen molar-refractivity contribution in [2.45, 2.75) is 4.90 Å². The zero-order chi connectivity index (χ0) is 23.5. The Bertz CT molecular complexity index is 1260. The largest absolute Gasteiger partial charge is 0.379 e. The monoisotopic (exact) mass is 481 g/mol. The van der Waals surface area contributed by atoms with Gasteiger partial charge >= 0.3 is 6.03 Å². The third-order valence-corrected chi connectivity index (χ3v) is 8.13. The van der Waals surface area contributed by atoms with Crippen LogP contribution >= 0.6 is 0 Å². The van der Waals surface area contributed by atoms with Gasteiger partial charge in [0.2, 0.25) is 10.0 Å². The molecule has 1 aromatic heterocycles. The number of morpholine rings is 1. The van der Waals surface area contributed by atoms with Gasteiger partial charge in [0.1, 0.15) is 10.7 Å². The number of fused-ring (bicyclic) bond motifs is 1. The number of rotatable bonds is 4. The fourth-order valence-electron chi connectivity index (χ4n) is 4.32. The molecule has 1 N–H and O–H groups in total. The second-order valence-electron chi connectivity index (χ2n) is 8.30. The first kappa shape index (κ1) is 22.6. The summed E-state index contributed by atoms with van der Waals surface area (Å²) in [6, 6.07) is 17.0. The lowest BCUT2D eigenvalue weighted by molar-refractivity contribution is 0.0730. The van der Waals surface area contributed by atoms with Crippen LogP contribution in [0.1, 0.15) is 0 Å². The molecule has 0 spiro atoms. The molecule has 0 unspecified atom stereocenters. The van der Waals surface area contributed by atoms with Crippen LogP contribution in [0.3, 0.4) is 0 Å². The maximum Gasteiger partial charge on any atom is 0.321 e. The van der Waals surface area contributed by atoms with E-state index in [2.05, 4.69) is 15.2 Å². The normalized spacial score (nSPS) is 17.6. The molecular weight excluding hydrogens is 454 g/mol. The highest BCUT2D eigenvalue weighted by Gasteiger charge is 2.27. The van der Waals surface area contributed by atoms with Gasteiger partial charge in [-0.25, -0.2) is 18.2 Å². The van der Waals surface area contributed by atoms with Gasteiger partial charge in [0.05, 0.1) is 18.9 Å². The molecule has 2 aliphatic rings. The Hall–Kier alpha value is -3.21. The lowest BCUT2D eigenvalue weighted by Crippen LogP contribution is -2.50. The molecule has 3 heterocycles. The number of pyridine rings is 1. The first-order chi connectivity index (χ1) is 16.5. The summed E-state index contributed by atoms with van der Waals surface area (Å²) < 4.78 is 32.3. The average molecular weight is 482 g/mol. The highest BCUT2D eigenvalue weighted by atomic mass is 32.2. The number of benzene rings is 2. The topological polar surface area (TPSA) is 95.1 Å². The second-order valence-corrected chi connectivity index (χ2v) is 10.2. The smallest absolute Gasteiger partial charge is 0.321 e. The number of piperazine rings is 1. The van der Waals surface area contributed by atoms with Crippen LogP contribution in [0.15, 0.2) is 65.7 Å². The summed E-state index contributed by atoms with van der Waals surface area (Å²) in [6.45, 7) is 3.85. The minimum Gasteiger partial charge on any atom is -0.379 e. The fraction of sp³-hybridized carbons (Fsp3) is 0.333. The number of amides is 2. The molecule has 0 bridgehead atoms. The molecule has 0 aliphatic carbocycles. The summed E-state index contributed by atoms with van der Waals surface area (Å²) in [6.07, 6.45) is 1.42. The molecule has 0 saturated carbocycles. The Morgan fingerprint density at radius 2 is 1.62 bits per heavy atom. The molecular formula is C24H27N5O4S. The fourth-order valence-corrected chi connectivity index (χ4v) is 5.67. The van der Waals surface area contributed by atoms with E-state index in [-0.39, 0.29) is 10.9 Å². The van der Waals surface area contributed by atoms with E-state index in [0.29, 0.717) is 58.3 Å². The molecule has 34 heavy (non-hydrogen) atoms. The summed E-state index contributed by atoms with van der Waals surface area (Å²) >= 11 is 0. The Morgan fingerprint density at radius 3 is 2.35 bits per heavy atom. The SMILES string of the molecule is O=C(Nc1cccc2ccccc12)N1CCN(c2ccc(S(=O)(=O)N3CCOCC3)cn2)CC1. The van der Waals surface area contributed by atoms with Crippen LogP contribution in [0.25, 0.3) is 10.8 Å². The van der Waals surface area contributed by atoms with Crippen LogP contribution < -0.4 is 10.2 Å². The molecule has 2 aromatic carbocycles. The van der Waals surface area contributed by atoms with Gasteiger partial charge in [0.25, 0.3) is 0 Å². The number of anilines is 2. The number of sulfonamides is 1. The van der Waals surface area contributed by atoms with Crippen molar-refractivity contribution in [2.24, 2.45) is 0 Å². The van der Waals surface area contributed by atoms with Crippen LogP contribution in [0.5, 0.6) is 0 Å². The van der Waals surface area contributed by atoms with Crippen LogP contribution in [0, 0.1) is 0 Å². The van der Waals surface area contributed by atoms with Crippen LogP contribution in [0.2, 0.25) is 0 Å². The molecule has 2 amide bonds. The van der Waals surface area contributed by atoms with Crippen LogP contribution in [-0.2, 0) is 14.8 Å². The number of urea groups is 1. The summed E-state index contributed by atoms with van der Waals surface area (Å²) in [7, 11) is -3.56. The van der Waals surface area contributed by atoms with Gasteiger partial charge in [0.15, 0.2) is 0 Å². The van der Waals surface area contributed by atoms with E-state index in [0.717, 1.165) is 16.5 Å². The van der Waals surface area contributed by atoms with Crippen molar-refractivity contribution in [3.8, 4) is 0 Å². The maximum atomic E-state index is 12.9. The zero-order valence-electron chi connectivity index (χ0n) is 18.8. The number of hydrogen-bond acceptors (Lipinski definition) is 6. The van der Waals surface area contributed by atoms with Gasteiger partial charge in [-0.2, -0.15) is 4.31 Å². The minimum atomic E-state index is -3.56. The molecule has 5 rings (SSSR count). The van der Waals surface area contributed by atoms with Crippen LogP contribution in [-0.4, -0.2) is 81.1 Å². The molecule has 2 aliphatic heterocycles. The van der Waals surface area contributed by atoms with E-state index in [4.69, 9.17) is 4.74 Å². The third kappa shape index (κ3) is 4.56. The minimum absolute atomic E-state index is 0.129. The maximum absolute atomic E-state index is 12.9. The second kappa shape index (κ2) is 9.57. The van der Waals surface area contributed by atoms with Crippen LogP contribution in [0.4, 0.5) is 16.3 Å². The molecule has 0 radical (unpaired) electrons. The number of aromatic nitrogens is 1. The molecule has 9 nitrogen and oxygen atoms in total. The Morgan fingerprint density at radius 1 is 0.882 bits per heavy atom. The number of nitrogens with one attached hydrogen (secondary N) is 1. The van der Waals surface area contributed by atoms with E-state index in [1.54, 1.807) is 17.0 Å². The van der Waals surface area contributed by atoms with Gasteiger partial charge in [0, 0.05) is 50.9 Å². The van der Waals surface area contributed by atoms with Gasteiger partial charge < -0.3 is 19.9 Å². The first-order valence-corrected chi connectivity index (χ1v) is 12.8. The summed E-state index contributed by atoms with van der Waals surface area (Å²) in [5.74, 6) is 0.704. The number of ether oxygens (including phenoxy) is 1. The lowest BCUT2D eigenvalue weighted by atomic mass is 10.1. The summed E-state index contributed by atoms with van der Waals surface area (Å²) in [5, 5.41) is 5.12. The van der Waals surface area contributed by atoms with Gasteiger partial charge in [-0.1, -0.05) is 36.4 Å². The molecule has 0 atom stereocenters. The molecule has 178 valence electrons. The van der Waals surface area contributed by atoms with E-state index in [1.807, 2.05) is 42.5 Å². The molecule has 10 heteroatoms. The predicted octanol–water partition coefficient (Wildman–Crippen LogP) is 2.61. The van der Waals surface area contributed by atoms with E-state index in [1.165, 1.54) is 10.5 Å². The highest BCUT2D eigenvalue weighted by molar-refractivity contribution is 7.89. The standard InChI is InChI=1S/C24H27N5O4S/c30-24(26-22-7-3-5-19-4-1-2-6-21(19)22)28-12-10-27(11-13-28)23-9-8-20(18-25-23)34(31,32)29-14-16-33-17-15-29/h1-9,18H,10-17H2,(H,26,30). The number of carbonyl (C=O) groups excluding carboxylic acids is 1. The van der Waals surface area contributed by atoms with Crippen molar-refractivity contribution >= 4 is 38.3 Å². The number of nitrogens with zero attached hydrogens (tertiary/aromatic N) is 4. The van der Waals surface area contributed by atoms with Crippen molar-refractivity contribution in [2.75, 3.05) is 62.7 Å². The number of carbonyl (C=O) groups is 1. The summed E-state index contributed by atoms with van der Waals surface area (Å²) in [5.41, 5.74) is 0.796. The van der Waals surface area contributed by atoms with E-state index >= 15 is 0 Å². The molecule has 2 fully saturated rings. The van der Waals surface area contributed by atoms with Gasteiger partial charge in [-0.15, -0.1) is 0 Å². The average Bonchev–Trinajstić information content (AvgIpc) is 2.89. The molecule has 3 aromatic rings. The number of hydrogen-bond donors (Lipinski definition) is 1. The molecule has 2 saturated heterocycles. The Balaban J connectivity index is 1.20. The highest BCUT2D eigenvalue weighted by Crippen LogP contribution is 2.24. The summed E-state index contributed by atoms with van der Waals surface area (Å²) in [4.78, 5) is 21.3. The van der Waals surface area contributed by atoms with E-state index in [9.17, 15) is 13.2 Å². The third-order valence-electron chi connectivity index (χ3n) is 6.25. The van der Waals surface area contributed by atoms with Gasteiger partial charge in [-0.05, 0) is 23.6 Å². The van der Waals surface area contributed by atoms with E-state index < -0.39 is 10.0 Å². The Labute approximate surface area is 199 Å². The Kier molecular flexibility index (Phi) is 6.36. The predicted molar refractivity (Wildman–Crippen MR) is 131 cm³/mol.